The Labute approximate surface area is 129 Å². The van der Waals surface area contributed by atoms with Gasteiger partial charge in [0.25, 0.3) is 0 Å². The average Bonchev–Trinajstić information content (AvgIpc) is 2.56. The summed E-state index contributed by atoms with van der Waals surface area (Å²) in [6.45, 7) is 0. The van der Waals surface area contributed by atoms with Gasteiger partial charge in [-0.3, -0.25) is 9.79 Å². The first kappa shape index (κ1) is 15.5. The van der Waals surface area contributed by atoms with Crippen molar-refractivity contribution in [2.24, 2.45) is 10.7 Å². The number of aliphatic imine (C=N–C) groups is 1. The van der Waals surface area contributed by atoms with Crippen LogP contribution in [0, 0.1) is 11.3 Å². The fourth-order valence-electron chi connectivity index (χ4n) is 2.10. The highest BCUT2D eigenvalue weighted by Crippen LogP contribution is 2.13. The Morgan fingerprint density at radius 1 is 1.05 bits per heavy atom. The van der Waals surface area contributed by atoms with Crippen molar-refractivity contribution in [3.05, 3.63) is 71.8 Å². The Balaban J connectivity index is 2.38. The molecule has 0 aliphatic heterocycles. The molecule has 0 saturated heterocycles. The van der Waals surface area contributed by atoms with Crippen LogP contribution < -0.4 is 5.73 Å². The lowest BCUT2D eigenvalue weighted by Crippen LogP contribution is -2.15. The predicted octanol–water partition coefficient (Wildman–Crippen LogP) is 2.68. The van der Waals surface area contributed by atoms with Crippen LogP contribution in [-0.4, -0.2) is 17.7 Å². The van der Waals surface area contributed by atoms with Crippen LogP contribution in [-0.2, 0) is 4.79 Å². The van der Waals surface area contributed by atoms with Gasteiger partial charge in [-0.2, -0.15) is 5.26 Å². The summed E-state index contributed by atoms with van der Waals surface area (Å²) in [6.07, 6.45) is 0.480. The average molecular weight is 291 g/mol. The summed E-state index contributed by atoms with van der Waals surface area (Å²) in [4.78, 5) is 15.5. The minimum absolute atomic E-state index is 0.151. The fraction of sp³-hybridized carbons (Fsp3) is 0.167. The maximum Gasteiger partial charge on any atom is 0.217 e. The third-order valence-corrected chi connectivity index (χ3v) is 3.19. The van der Waals surface area contributed by atoms with Crippen molar-refractivity contribution >= 4 is 11.6 Å². The number of hydrogen-bond donors (Lipinski definition) is 1. The quantitative estimate of drug-likeness (QED) is 0.830. The predicted molar refractivity (Wildman–Crippen MR) is 86.4 cm³/mol. The topological polar surface area (TPSA) is 79.2 Å². The van der Waals surface area contributed by atoms with Gasteiger partial charge in [-0.1, -0.05) is 60.7 Å². The van der Waals surface area contributed by atoms with Gasteiger partial charge in [-0.15, -0.1) is 0 Å². The number of carbonyl (C=O) groups excluding carboxylic acids is 1. The zero-order chi connectivity index (χ0) is 15.8. The molecule has 0 heterocycles. The summed E-state index contributed by atoms with van der Waals surface area (Å²) in [5.41, 5.74) is 7.78. The lowest BCUT2D eigenvalue weighted by Gasteiger charge is -2.10. The number of amides is 1. The number of hydrogen-bond acceptors (Lipinski definition) is 3. The SMILES string of the molecule is N#CC(CCC(N)=O)N=C(c1ccccc1)c1ccccc1. The summed E-state index contributed by atoms with van der Waals surface area (Å²) >= 11 is 0. The summed E-state index contributed by atoms with van der Waals surface area (Å²) in [5.74, 6) is -0.420. The second-order valence-corrected chi connectivity index (χ2v) is 4.86. The number of nitrogens with zero attached hydrogens (tertiary/aromatic N) is 2. The second kappa shape index (κ2) is 7.75. The van der Waals surface area contributed by atoms with Gasteiger partial charge in [-0.25, -0.2) is 0 Å². The van der Waals surface area contributed by atoms with E-state index < -0.39 is 11.9 Å². The van der Waals surface area contributed by atoms with Gasteiger partial charge in [0.15, 0.2) is 0 Å². The lowest BCUT2D eigenvalue weighted by atomic mass is 10.0. The highest BCUT2D eigenvalue weighted by Gasteiger charge is 2.12. The van der Waals surface area contributed by atoms with Crippen LogP contribution in [0.3, 0.4) is 0 Å². The van der Waals surface area contributed by atoms with Crippen LogP contribution in [0.15, 0.2) is 65.7 Å². The molecule has 1 unspecified atom stereocenters. The van der Waals surface area contributed by atoms with E-state index in [2.05, 4.69) is 11.1 Å². The van der Waals surface area contributed by atoms with Gasteiger partial charge in [-0.05, 0) is 6.42 Å². The van der Waals surface area contributed by atoms with Crippen molar-refractivity contribution in [3.8, 4) is 6.07 Å². The maximum atomic E-state index is 10.9. The largest absolute Gasteiger partial charge is 0.370 e. The zero-order valence-electron chi connectivity index (χ0n) is 12.1. The molecule has 2 aromatic rings. The molecule has 2 N–H and O–H groups in total. The van der Waals surface area contributed by atoms with Crippen LogP contribution in [0.5, 0.6) is 0 Å². The molecule has 110 valence electrons. The Kier molecular flexibility index (Phi) is 5.44. The third-order valence-electron chi connectivity index (χ3n) is 3.19. The molecule has 1 amide bonds. The first-order valence-electron chi connectivity index (χ1n) is 7.07. The number of carbonyl (C=O) groups is 1. The number of rotatable bonds is 6. The van der Waals surface area contributed by atoms with Gasteiger partial charge in [0.2, 0.25) is 5.91 Å². The van der Waals surface area contributed by atoms with E-state index in [0.717, 1.165) is 16.8 Å². The molecule has 4 heteroatoms. The summed E-state index contributed by atoms with van der Waals surface area (Å²) in [7, 11) is 0. The monoisotopic (exact) mass is 291 g/mol. The molecule has 0 aromatic heterocycles. The molecule has 0 spiro atoms. The van der Waals surface area contributed by atoms with Crippen molar-refractivity contribution in [1.29, 1.82) is 5.26 Å². The molecule has 2 rings (SSSR count). The van der Waals surface area contributed by atoms with E-state index in [9.17, 15) is 10.1 Å². The normalized spacial score (nSPS) is 11.2. The standard InChI is InChI=1S/C18H17N3O/c19-13-16(11-12-17(20)22)21-18(14-7-3-1-4-8-14)15-9-5-2-6-10-15/h1-10,16H,11-12H2,(H2,20,22). The van der Waals surface area contributed by atoms with E-state index in [-0.39, 0.29) is 6.42 Å². The van der Waals surface area contributed by atoms with Crippen molar-refractivity contribution in [3.63, 3.8) is 0 Å². The minimum atomic E-state index is -0.595. The number of nitrogens with two attached hydrogens (primary N) is 1. The van der Waals surface area contributed by atoms with E-state index in [0.29, 0.717) is 6.42 Å². The van der Waals surface area contributed by atoms with E-state index in [1.54, 1.807) is 0 Å². The smallest absolute Gasteiger partial charge is 0.217 e. The zero-order valence-corrected chi connectivity index (χ0v) is 12.1. The van der Waals surface area contributed by atoms with E-state index >= 15 is 0 Å². The molecular formula is C18H17N3O. The summed E-state index contributed by atoms with van der Waals surface area (Å²) < 4.78 is 0. The summed E-state index contributed by atoms with van der Waals surface area (Å²) in [5, 5.41) is 9.27. The van der Waals surface area contributed by atoms with Crippen LogP contribution in [0.2, 0.25) is 0 Å². The van der Waals surface area contributed by atoms with E-state index in [4.69, 9.17) is 5.73 Å². The lowest BCUT2D eigenvalue weighted by molar-refractivity contribution is -0.118. The first-order chi connectivity index (χ1) is 10.7. The Morgan fingerprint density at radius 3 is 1.95 bits per heavy atom. The molecular weight excluding hydrogens is 274 g/mol. The molecule has 0 radical (unpaired) electrons. The Morgan fingerprint density at radius 2 is 1.55 bits per heavy atom. The van der Waals surface area contributed by atoms with Crippen molar-refractivity contribution in [1.82, 2.24) is 0 Å². The molecule has 2 aromatic carbocycles. The number of nitriles is 1. The molecule has 4 nitrogen and oxygen atoms in total. The van der Waals surface area contributed by atoms with Crippen LogP contribution in [0.25, 0.3) is 0 Å². The first-order valence-corrected chi connectivity index (χ1v) is 7.07. The van der Waals surface area contributed by atoms with Crippen LogP contribution >= 0.6 is 0 Å². The van der Waals surface area contributed by atoms with Crippen molar-refractivity contribution < 1.29 is 4.79 Å². The third kappa shape index (κ3) is 4.29. The van der Waals surface area contributed by atoms with Gasteiger partial charge in [0.1, 0.15) is 6.04 Å². The van der Waals surface area contributed by atoms with Crippen LogP contribution in [0.4, 0.5) is 0 Å². The number of benzene rings is 2. The van der Waals surface area contributed by atoms with Gasteiger partial charge in [0, 0.05) is 17.5 Å². The number of primary amides is 1. The fourth-order valence-corrected chi connectivity index (χ4v) is 2.10. The molecule has 0 aliphatic rings. The highest BCUT2D eigenvalue weighted by atomic mass is 16.1. The molecule has 1 atom stereocenters. The van der Waals surface area contributed by atoms with E-state index in [1.165, 1.54) is 0 Å². The van der Waals surface area contributed by atoms with Crippen LogP contribution in [0.1, 0.15) is 24.0 Å². The highest BCUT2D eigenvalue weighted by molar-refractivity contribution is 6.13. The molecule has 0 saturated carbocycles. The Hall–Kier alpha value is -2.93. The van der Waals surface area contributed by atoms with Gasteiger partial charge < -0.3 is 5.73 Å². The van der Waals surface area contributed by atoms with Gasteiger partial charge in [0.05, 0.1) is 11.8 Å². The van der Waals surface area contributed by atoms with E-state index in [1.807, 2.05) is 60.7 Å². The molecule has 22 heavy (non-hydrogen) atoms. The van der Waals surface area contributed by atoms with Crippen molar-refractivity contribution in [2.45, 2.75) is 18.9 Å². The van der Waals surface area contributed by atoms with Gasteiger partial charge >= 0.3 is 0 Å². The molecule has 0 bridgehead atoms. The minimum Gasteiger partial charge on any atom is -0.370 e. The summed E-state index contributed by atoms with van der Waals surface area (Å²) in [6, 6.07) is 20.9. The molecule has 0 aliphatic carbocycles. The molecule has 0 fully saturated rings. The second-order valence-electron chi connectivity index (χ2n) is 4.86. The maximum absolute atomic E-state index is 10.9. The van der Waals surface area contributed by atoms with Crippen molar-refractivity contribution in [2.75, 3.05) is 0 Å². The Bertz CT molecular complexity index is 646.